The Morgan fingerprint density at radius 2 is 2.25 bits per heavy atom. The molecule has 1 atom stereocenters. The van der Waals surface area contributed by atoms with Crippen LogP contribution in [0.2, 0.25) is 0 Å². The average Bonchev–Trinajstić information content (AvgIpc) is 2.30. The summed E-state index contributed by atoms with van der Waals surface area (Å²) in [5.74, 6) is 0.392. The molecule has 0 bridgehead atoms. The second kappa shape index (κ2) is 6.45. The predicted octanol–water partition coefficient (Wildman–Crippen LogP) is 1.87. The fourth-order valence-electron chi connectivity index (χ4n) is 1.39. The molecule has 0 heterocycles. The highest BCUT2D eigenvalue weighted by Gasteiger charge is 2.11. The maximum atomic E-state index is 13.1. The van der Waals surface area contributed by atoms with Crippen molar-refractivity contribution in [1.82, 2.24) is 5.32 Å². The minimum Gasteiger partial charge on any atom is -0.493 e. The molecule has 0 radical (unpaired) electrons. The van der Waals surface area contributed by atoms with E-state index in [0.29, 0.717) is 18.8 Å². The summed E-state index contributed by atoms with van der Waals surface area (Å²) in [4.78, 5) is 0. The number of hydrogen-bond donors (Lipinski definition) is 2. The molecule has 0 amide bonds. The van der Waals surface area contributed by atoms with Crippen molar-refractivity contribution in [3.63, 3.8) is 0 Å². The second-order valence-corrected chi connectivity index (χ2v) is 3.62. The van der Waals surface area contributed by atoms with Crippen molar-refractivity contribution < 1.29 is 14.2 Å². The molecule has 1 aromatic carbocycles. The number of rotatable bonds is 6. The van der Waals surface area contributed by atoms with Crippen LogP contribution in [0, 0.1) is 5.82 Å². The minimum absolute atomic E-state index is 0.0276. The Labute approximate surface area is 95.2 Å². The average molecular weight is 227 g/mol. The number of benzene rings is 1. The normalized spacial score (nSPS) is 12.5. The van der Waals surface area contributed by atoms with Crippen LogP contribution in [-0.2, 0) is 0 Å². The van der Waals surface area contributed by atoms with Crippen molar-refractivity contribution in [2.45, 2.75) is 19.4 Å². The smallest absolute Gasteiger partial charge is 0.124 e. The van der Waals surface area contributed by atoms with E-state index in [0.717, 1.165) is 5.56 Å². The summed E-state index contributed by atoms with van der Waals surface area (Å²) < 4.78 is 18.6. The molecule has 1 unspecified atom stereocenters. The number of hydrogen-bond acceptors (Lipinski definition) is 3. The summed E-state index contributed by atoms with van der Waals surface area (Å²) in [6, 6.07) is 4.49. The lowest BCUT2D eigenvalue weighted by Crippen LogP contribution is -2.14. The Balaban J connectivity index is 2.80. The van der Waals surface area contributed by atoms with Crippen molar-refractivity contribution in [2.75, 3.05) is 20.3 Å². The number of nitrogens with one attached hydrogen (secondary N) is 1. The Morgan fingerprint density at radius 3 is 2.88 bits per heavy atom. The number of halogens is 1. The van der Waals surface area contributed by atoms with Gasteiger partial charge in [-0.15, -0.1) is 0 Å². The van der Waals surface area contributed by atoms with Gasteiger partial charge in [-0.1, -0.05) is 0 Å². The maximum Gasteiger partial charge on any atom is 0.124 e. The van der Waals surface area contributed by atoms with Crippen molar-refractivity contribution in [3.8, 4) is 5.75 Å². The molecule has 0 saturated carbocycles. The van der Waals surface area contributed by atoms with Gasteiger partial charge in [0.15, 0.2) is 0 Å². The molecule has 0 aliphatic heterocycles. The van der Waals surface area contributed by atoms with Crippen LogP contribution < -0.4 is 10.1 Å². The van der Waals surface area contributed by atoms with Gasteiger partial charge in [-0.2, -0.15) is 0 Å². The lowest BCUT2D eigenvalue weighted by atomic mass is 10.1. The second-order valence-electron chi connectivity index (χ2n) is 3.62. The van der Waals surface area contributed by atoms with E-state index in [1.807, 2.05) is 14.0 Å². The zero-order valence-corrected chi connectivity index (χ0v) is 9.66. The van der Waals surface area contributed by atoms with E-state index in [1.165, 1.54) is 12.1 Å². The third kappa shape index (κ3) is 3.47. The first-order valence-corrected chi connectivity index (χ1v) is 5.39. The highest BCUT2D eigenvalue weighted by Crippen LogP contribution is 2.25. The van der Waals surface area contributed by atoms with E-state index in [-0.39, 0.29) is 18.5 Å². The van der Waals surface area contributed by atoms with Gasteiger partial charge in [0.25, 0.3) is 0 Å². The van der Waals surface area contributed by atoms with Crippen LogP contribution in [0.15, 0.2) is 18.2 Å². The standard InChI is InChI=1S/C12H18FNO2/c1-9(14-2)11-8-10(13)4-5-12(11)16-7-3-6-15/h4-5,8-9,14-15H,3,6-7H2,1-2H3. The van der Waals surface area contributed by atoms with Gasteiger partial charge < -0.3 is 15.2 Å². The molecule has 2 N–H and O–H groups in total. The van der Waals surface area contributed by atoms with Crippen molar-refractivity contribution in [3.05, 3.63) is 29.6 Å². The molecule has 1 rings (SSSR count). The van der Waals surface area contributed by atoms with E-state index in [9.17, 15) is 4.39 Å². The molecule has 16 heavy (non-hydrogen) atoms. The lowest BCUT2D eigenvalue weighted by Gasteiger charge is -2.16. The van der Waals surface area contributed by atoms with E-state index in [4.69, 9.17) is 9.84 Å². The van der Waals surface area contributed by atoms with Crippen LogP contribution >= 0.6 is 0 Å². The summed E-state index contributed by atoms with van der Waals surface area (Å²) >= 11 is 0. The molecular weight excluding hydrogens is 209 g/mol. The van der Waals surface area contributed by atoms with E-state index in [1.54, 1.807) is 6.07 Å². The molecule has 0 aliphatic carbocycles. The summed E-state index contributed by atoms with van der Waals surface area (Å²) in [7, 11) is 1.81. The minimum atomic E-state index is -0.272. The highest BCUT2D eigenvalue weighted by molar-refractivity contribution is 5.36. The zero-order chi connectivity index (χ0) is 12.0. The van der Waals surface area contributed by atoms with E-state index >= 15 is 0 Å². The van der Waals surface area contributed by atoms with E-state index in [2.05, 4.69) is 5.32 Å². The highest BCUT2D eigenvalue weighted by atomic mass is 19.1. The van der Waals surface area contributed by atoms with Gasteiger partial charge >= 0.3 is 0 Å². The third-order valence-corrected chi connectivity index (χ3v) is 2.43. The zero-order valence-electron chi connectivity index (χ0n) is 9.66. The first-order valence-electron chi connectivity index (χ1n) is 5.39. The van der Waals surface area contributed by atoms with E-state index < -0.39 is 0 Å². The van der Waals surface area contributed by atoms with Gasteiger partial charge in [0, 0.05) is 24.6 Å². The van der Waals surface area contributed by atoms with Gasteiger partial charge in [-0.3, -0.25) is 0 Å². The first kappa shape index (κ1) is 12.9. The van der Waals surface area contributed by atoms with Crippen LogP contribution in [0.4, 0.5) is 4.39 Å². The molecular formula is C12H18FNO2. The molecule has 0 spiro atoms. The molecule has 3 nitrogen and oxygen atoms in total. The van der Waals surface area contributed by atoms with Crippen molar-refractivity contribution in [1.29, 1.82) is 0 Å². The SMILES string of the molecule is CNC(C)c1cc(F)ccc1OCCCO. The molecule has 1 aromatic rings. The van der Waals surface area contributed by atoms with Crippen LogP contribution in [0.3, 0.4) is 0 Å². The fraction of sp³-hybridized carbons (Fsp3) is 0.500. The van der Waals surface area contributed by atoms with Gasteiger partial charge in [-0.25, -0.2) is 4.39 Å². The van der Waals surface area contributed by atoms with Gasteiger partial charge in [0.05, 0.1) is 6.61 Å². The largest absolute Gasteiger partial charge is 0.493 e. The van der Waals surface area contributed by atoms with Crippen LogP contribution in [0.5, 0.6) is 5.75 Å². The maximum absolute atomic E-state index is 13.1. The Kier molecular flexibility index (Phi) is 5.22. The molecule has 0 saturated heterocycles. The van der Waals surface area contributed by atoms with Crippen molar-refractivity contribution >= 4 is 0 Å². The lowest BCUT2D eigenvalue weighted by molar-refractivity contribution is 0.231. The Bertz CT molecular complexity index is 331. The van der Waals surface area contributed by atoms with Crippen LogP contribution in [-0.4, -0.2) is 25.4 Å². The third-order valence-electron chi connectivity index (χ3n) is 2.43. The van der Waals surface area contributed by atoms with Crippen LogP contribution in [0.1, 0.15) is 24.9 Å². The van der Waals surface area contributed by atoms with Gasteiger partial charge in [-0.05, 0) is 32.2 Å². The summed E-state index contributed by atoms with van der Waals surface area (Å²) in [5.41, 5.74) is 0.792. The molecule has 0 fully saturated rings. The summed E-state index contributed by atoms with van der Waals surface area (Å²) in [5, 5.41) is 11.7. The Hall–Kier alpha value is -1.13. The first-order chi connectivity index (χ1) is 7.69. The molecule has 0 aliphatic rings. The number of aliphatic hydroxyl groups is 1. The quantitative estimate of drug-likeness (QED) is 0.729. The van der Waals surface area contributed by atoms with Gasteiger partial charge in [0.1, 0.15) is 11.6 Å². The molecule has 4 heteroatoms. The monoisotopic (exact) mass is 227 g/mol. The van der Waals surface area contributed by atoms with Crippen molar-refractivity contribution in [2.24, 2.45) is 0 Å². The summed E-state index contributed by atoms with van der Waals surface area (Å²) in [6.07, 6.45) is 0.574. The van der Waals surface area contributed by atoms with Crippen LogP contribution in [0.25, 0.3) is 0 Å². The number of ether oxygens (including phenoxy) is 1. The molecule has 0 aromatic heterocycles. The topological polar surface area (TPSA) is 41.5 Å². The fourth-order valence-corrected chi connectivity index (χ4v) is 1.39. The predicted molar refractivity (Wildman–Crippen MR) is 61.1 cm³/mol. The van der Waals surface area contributed by atoms with Gasteiger partial charge in [0.2, 0.25) is 0 Å². The Morgan fingerprint density at radius 1 is 1.50 bits per heavy atom. The number of aliphatic hydroxyl groups excluding tert-OH is 1. The summed E-state index contributed by atoms with van der Waals surface area (Å²) in [6.45, 7) is 2.47. The molecule has 90 valence electrons.